The Morgan fingerprint density at radius 3 is 2.52 bits per heavy atom. The van der Waals surface area contributed by atoms with Gasteiger partial charge in [-0.2, -0.15) is 0 Å². The van der Waals surface area contributed by atoms with Gasteiger partial charge in [0.1, 0.15) is 17.8 Å². The molecule has 0 amide bonds. The van der Waals surface area contributed by atoms with E-state index in [1.54, 1.807) is 7.11 Å². The van der Waals surface area contributed by atoms with E-state index in [0.717, 1.165) is 12.8 Å². The molecule has 0 unspecified atom stereocenters. The molecule has 1 aliphatic carbocycles. The number of rotatable bonds is 4. The van der Waals surface area contributed by atoms with E-state index >= 15 is 0 Å². The number of benzene rings is 1. The molecule has 2 saturated heterocycles. The highest BCUT2D eigenvalue weighted by atomic mass is 16.8. The van der Waals surface area contributed by atoms with Crippen molar-refractivity contribution in [2.75, 3.05) is 7.11 Å². The van der Waals surface area contributed by atoms with Crippen LogP contribution in [0.5, 0.6) is 0 Å². The summed E-state index contributed by atoms with van der Waals surface area (Å²) in [5.74, 6) is -0.584. The molecule has 5 nitrogen and oxygen atoms in total. The SMILES string of the molecule is CO[C@@H]1OC2(CC(OCc3ccccc3)C2)[C@H]2OC(C)(C)O[C@@H]12. The van der Waals surface area contributed by atoms with Crippen LogP contribution < -0.4 is 0 Å². The van der Waals surface area contributed by atoms with Crippen molar-refractivity contribution in [3.8, 4) is 0 Å². The minimum absolute atomic E-state index is 0.0842. The Morgan fingerprint density at radius 2 is 1.83 bits per heavy atom. The number of hydrogen-bond donors (Lipinski definition) is 0. The average Bonchev–Trinajstić information content (AvgIpc) is 2.96. The van der Waals surface area contributed by atoms with Gasteiger partial charge in [-0.1, -0.05) is 30.3 Å². The molecule has 1 aromatic rings. The van der Waals surface area contributed by atoms with Crippen LogP contribution in [0, 0.1) is 0 Å². The van der Waals surface area contributed by atoms with Crippen LogP contribution in [-0.4, -0.2) is 43.1 Å². The van der Waals surface area contributed by atoms with Gasteiger partial charge in [0.25, 0.3) is 0 Å². The van der Waals surface area contributed by atoms with Crippen molar-refractivity contribution >= 4 is 0 Å². The summed E-state index contributed by atoms with van der Waals surface area (Å²) in [6, 6.07) is 10.2. The third kappa shape index (κ3) is 2.71. The second-order valence-corrected chi connectivity index (χ2v) is 7.13. The van der Waals surface area contributed by atoms with Gasteiger partial charge in [-0.05, 0) is 19.4 Å². The van der Waals surface area contributed by atoms with Gasteiger partial charge in [0.05, 0.1) is 12.7 Å². The van der Waals surface area contributed by atoms with Crippen molar-refractivity contribution in [1.29, 1.82) is 0 Å². The van der Waals surface area contributed by atoms with Gasteiger partial charge in [0.15, 0.2) is 12.1 Å². The zero-order valence-electron chi connectivity index (χ0n) is 13.9. The Hall–Kier alpha value is -0.980. The first-order valence-corrected chi connectivity index (χ1v) is 8.23. The van der Waals surface area contributed by atoms with Crippen LogP contribution in [0.2, 0.25) is 0 Å². The molecule has 0 radical (unpaired) electrons. The van der Waals surface area contributed by atoms with Crippen molar-refractivity contribution in [3.63, 3.8) is 0 Å². The van der Waals surface area contributed by atoms with E-state index in [1.165, 1.54) is 5.56 Å². The quantitative estimate of drug-likeness (QED) is 0.853. The molecule has 1 saturated carbocycles. The normalized spacial score (nSPS) is 41.0. The Balaban J connectivity index is 1.38. The van der Waals surface area contributed by atoms with E-state index in [1.807, 2.05) is 32.0 Å². The fourth-order valence-corrected chi connectivity index (χ4v) is 3.89. The maximum absolute atomic E-state index is 6.12. The van der Waals surface area contributed by atoms with E-state index in [0.29, 0.717) is 6.61 Å². The maximum atomic E-state index is 6.12. The number of methoxy groups -OCH3 is 1. The monoisotopic (exact) mass is 320 g/mol. The van der Waals surface area contributed by atoms with Gasteiger partial charge >= 0.3 is 0 Å². The van der Waals surface area contributed by atoms with Gasteiger partial charge in [0, 0.05) is 20.0 Å². The molecule has 0 aromatic heterocycles. The average molecular weight is 320 g/mol. The first kappa shape index (κ1) is 15.5. The molecule has 3 atom stereocenters. The molecule has 23 heavy (non-hydrogen) atoms. The molecule has 2 aliphatic heterocycles. The van der Waals surface area contributed by atoms with E-state index in [-0.39, 0.29) is 30.2 Å². The number of ether oxygens (including phenoxy) is 5. The molecule has 2 heterocycles. The summed E-state index contributed by atoms with van der Waals surface area (Å²) in [6.45, 7) is 4.51. The maximum Gasteiger partial charge on any atom is 0.186 e. The van der Waals surface area contributed by atoms with Gasteiger partial charge in [-0.25, -0.2) is 0 Å². The van der Waals surface area contributed by atoms with Crippen LogP contribution in [0.1, 0.15) is 32.3 Å². The summed E-state index contributed by atoms with van der Waals surface area (Å²) < 4.78 is 29.6. The van der Waals surface area contributed by atoms with E-state index in [2.05, 4.69) is 12.1 Å². The molecule has 0 N–H and O–H groups in total. The number of fused-ring (bicyclic) bond motifs is 2. The zero-order valence-corrected chi connectivity index (χ0v) is 13.9. The van der Waals surface area contributed by atoms with Crippen LogP contribution in [0.15, 0.2) is 30.3 Å². The highest BCUT2D eigenvalue weighted by molar-refractivity contribution is 5.15. The van der Waals surface area contributed by atoms with Crippen molar-refractivity contribution in [2.45, 2.75) is 69.3 Å². The summed E-state index contributed by atoms with van der Waals surface area (Å²) in [5.41, 5.74) is 0.857. The third-order valence-corrected chi connectivity index (χ3v) is 4.97. The molecule has 3 fully saturated rings. The lowest BCUT2D eigenvalue weighted by Gasteiger charge is -2.46. The second kappa shape index (κ2) is 5.53. The molecule has 4 rings (SSSR count). The van der Waals surface area contributed by atoms with Crippen LogP contribution in [0.3, 0.4) is 0 Å². The van der Waals surface area contributed by atoms with Crippen LogP contribution >= 0.6 is 0 Å². The molecule has 5 heteroatoms. The molecule has 1 spiro atoms. The van der Waals surface area contributed by atoms with Crippen LogP contribution in [0.25, 0.3) is 0 Å². The highest BCUT2D eigenvalue weighted by Gasteiger charge is 2.67. The zero-order chi connectivity index (χ0) is 16.1. The third-order valence-electron chi connectivity index (χ3n) is 4.97. The fourth-order valence-electron chi connectivity index (χ4n) is 3.89. The minimum atomic E-state index is -0.584. The summed E-state index contributed by atoms with van der Waals surface area (Å²) in [4.78, 5) is 0. The van der Waals surface area contributed by atoms with Gasteiger partial charge < -0.3 is 23.7 Å². The topological polar surface area (TPSA) is 46.2 Å². The first-order valence-electron chi connectivity index (χ1n) is 8.23. The minimum Gasteiger partial charge on any atom is -0.373 e. The Bertz CT molecular complexity index is 552. The molecule has 3 aliphatic rings. The van der Waals surface area contributed by atoms with Crippen molar-refractivity contribution in [1.82, 2.24) is 0 Å². The highest BCUT2D eigenvalue weighted by Crippen LogP contribution is 2.53. The molecular formula is C18H24O5. The molecule has 0 bridgehead atoms. The standard InChI is InChI=1S/C18H24O5/c1-17(2)21-14-15(22-17)18(23-16(14)19-3)9-13(10-18)20-11-12-7-5-4-6-8-12/h4-8,13-16H,9-11H2,1-3H3/t13?,14-,15+,16-,18?/m1/s1. The lowest BCUT2D eigenvalue weighted by Crippen LogP contribution is -2.56. The van der Waals surface area contributed by atoms with E-state index in [9.17, 15) is 0 Å². The summed E-state index contributed by atoms with van der Waals surface area (Å²) in [6.07, 6.45) is 1.22. The van der Waals surface area contributed by atoms with Crippen LogP contribution in [-0.2, 0) is 30.3 Å². The van der Waals surface area contributed by atoms with Gasteiger partial charge in [-0.3, -0.25) is 0 Å². The predicted molar refractivity (Wildman–Crippen MR) is 82.7 cm³/mol. The number of hydrogen-bond acceptors (Lipinski definition) is 5. The Labute approximate surface area is 136 Å². The van der Waals surface area contributed by atoms with Crippen molar-refractivity contribution in [2.24, 2.45) is 0 Å². The Kier molecular flexibility index (Phi) is 3.74. The van der Waals surface area contributed by atoms with Gasteiger partial charge in [-0.15, -0.1) is 0 Å². The van der Waals surface area contributed by atoms with Gasteiger partial charge in [0.2, 0.25) is 0 Å². The summed E-state index contributed by atoms with van der Waals surface area (Å²) in [7, 11) is 1.65. The molecule has 1 aromatic carbocycles. The van der Waals surface area contributed by atoms with E-state index < -0.39 is 5.79 Å². The molecular weight excluding hydrogens is 296 g/mol. The van der Waals surface area contributed by atoms with Crippen molar-refractivity contribution < 1.29 is 23.7 Å². The smallest absolute Gasteiger partial charge is 0.186 e. The summed E-state index contributed by atoms with van der Waals surface area (Å²) in [5, 5.41) is 0. The second-order valence-electron chi connectivity index (χ2n) is 7.13. The fraction of sp³-hybridized carbons (Fsp3) is 0.667. The summed E-state index contributed by atoms with van der Waals surface area (Å²) >= 11 is 0. The Morgan fingerprint density at radius 1 is 1.09 bits per heavy atom. The lowest BCUT2D eigenvalue weighted by atomic mass is 9.73. The van der Waals surface area contributed by atoms with Crippen LogP contribution in [0.4, 0.5) is 0 Å². The van der Waals surface area contributed by atoms with E-state index in [4.69, 9.17) is 23.7 Å². The van der Waals surface area contributed by atoms with Crippen molar-refractivity contribution in [3.05, 3.63) is 35.9 Å². The first-order chi connectivity index (χ1) is 11.0. The molecule has 126 valence electrons. The lowest BCUT2D eigenvalue weighted by molar-refractivity contribution is -0.282. The largest absolute Gasteiger partial charge is 0.373 e. The predicted octanol–water partition coefficient (Wildman–Crippen LogP) is 2.63.